The van der Waals surface area contributed by atoms with E-state index in [-0.39, 0.29) is 18.3 Å². The van der Waals surface area contributed by atoms with E-state index in [0.29, 0.717) is 18.6 Å². The van der Waals surface area contributed by atoms with Crippen LogP contribution in [0.25, 0.3) is 11.1 Å². The first kappa shape index (κ1) is 23.2. The number of amides is 1. The first-order chi connectivity index (χ1) is 14.9. The second kappa shape index (κ2) is 10.2. The van der Waals surface area contributed by atoms with Crippen LogP contribution in [0.4, 0.5) is 4.79 Å². The molecular formula is C24H29NO5S. The number of rotatable bonds is 10. The molecule has 0 saturated carbocycles. The third-order valence-corrected chi connectivity index (χ3v) is 7.22. The normalized spacial score (nSPS) is 13.9. The summed E-state index contributed by atoms with van der Waals surface area (Å²) >= 11 is 1.31. The van der Waals surface area contributed by atoms with Gasteiger partial charge in [0.2, 0.25) is 0 Å². The smallest absolute Gasteiger partial charge is 0.407 e. The molecule has 2 aromatic rings. The predicted molar refractivity (Wildman–Crippen MR) is 122 cm³/mol. The zero-order valence-electron chi connectivity index (χ0n) is 17.8. The summed E-state index contributed by atoms with van der Waals surface area (Å²) in [6, 6.07) is 15.0. The Labute approximate surface area is 187 Å². The van der Waals surface area contributed by atoms with E-state index in [4.69, 9.17) is 4.74 Å². The van der Waals surface area contributed by atoms with Crippen molar-refractivity contribution in [3.8, 4) is 11.1 Å². The number of carboxylic acids is 1. The molecule has 31 heavy (non-hydrogen) atoms. The number of alkyl carbamates (subject to hydrolysis) is 1. The van der Waals surface area contributed by atoms with Gasteiger partial charge in [-0.25, -0.2) is 9.59 Å². The van der Waals surface area contributed by atoms with Crippen molar-refractivity contribution in [1.82, 2.24) is 5.32 Å². The SMILES string of the molecule is CCC(O)(CC)CSCC(NC(=O)OCC1c2ccccc2-c2ccccc21)C(=O)O. The van der Waals surface area contributed by atoms with Gasteiger partial charge >= 0.3 is 12.1 Å². The van der Waals surface area contributed by atoms with Gasteiger partial charge in [-0.2, -0.15) is 11.8 Å². The molecule has 166 valence electrons. The molecule has 0 heterocycles. The van der Waals surface area contributed by atoms with Gasteiger partial charge in [-0.3, -0.25) is 0 Å². The van der Waals surface area contributed by atoms with Crippen molar-refractivity contribution < 1.29 is 24.5 Å². The lowest BCUT2D eigenvalue weighted by Gasteiger charge is -2.25. The Bertz CT molecular complexity index is 882. The molecule has 1 aliphatic rings. The van der Waals surface area contributed by atoms with Crippen LogP contribution in [0.1, 0.15) is 43.7 Å². The minimum atomic E-state index is -1.13. The molecule has 0 aromatic heterocycles. The topological polar surface area (TPSA) is 95.9 Å². The Morgan fingerprint density at radius 3 is 2.13 bits per heavy atom. The van der Waals surface area contributed by atoms with E-state index in [1.165, 1.54) is 11.8 Å². The summed E-state index contributed by atoms with van der Waals surface area (Å²) in [7, 11) is 0. The highest BCUT2D eigenvalue weighted by Gasteiger charge is 2.30. The highest BCUT2D eigenvalue weighted by molar-refractivity contribution is 7.99. The molecule has 0 radical (unpaired) electrons. The van der Waals surface area contributed by atoms with Crippen LogP contribution >= 0.6 is 11.8 Å². The fourth-order valence-corrected chi connectivity index (χ4v) is 5.15. The van der Waals surface area contributed by atoms with Crippen molar-refractivity contribution in [2.24, 2.45) is 0 Å². The second-order valence-electron chi connectivity index (χ2n) is 7.81. The number of carbonyl (C=O) groups is 2. The summed E-state index contributed by atoms with van der Waals surface area (Å²) in [5.74, 6) is -0.643. The van der Waals surface area contributed by atoms with E-state index in [0.717, 1.165) is 22.3 Å². The summed E-state index contributed by atoms with van der Waals surface area (Å²) < 4.78 is 5.44. The molecule has 1 unspecified atom stereocenters. The van der Waals surface area contributed by atoms with Gasteiger partial charge in [-0.15, -0.1) is 0 Å². The standard InChI is InChI=1S/C24H29NO5S/c1-3-24(29,4-2)15-31-14-21(22(26)27)25-23(28)30-13-20-18-11-7-5-9-16(18)17-10-6-8-12-19(17)20/h5-12,20-21,29H,3-4,13-15H2,1-2H3,(H,25,28)(H,26,27). The summed E-state index contributed by atoms with van der Waals surface area (Å²) in [4.78, 5) is 23.9. The minimum absolute atomic E-state index is 0.0834. The molecule has 7 heteroatoms. The average Bonchev–Trinajstić information content (AvgIpc) is 3.10. The van der Waals surface area contributed by atoms with E-state index < -0.39 is 23.7 Å². The second-order valence-corrected chi connectivity index (χ2v) is 8.84. The van der Waals surface area contributed by atoms with Gasteiger partial charge < -0.3 is 20.3 Å². The fourth-order valence-electron chi connectivity index (χ4n) is 3.78. The molecule has 0 saturated heterocycles. The molecule has 6 nitrogen and oxygen atoms in total. The van der Waals surface area contributed by atoms with Crippen LogP contribution in [0.3, 0.4) is 0 Å². The molecule has 3 rings (SSSR count). The number of fused-ring (bicyclic) bond motifs is 3. The number of carboxylic acid groups (broad SMARTS) is 1. The molecule has 1 aliphatic carbocycles. The highest BCUT2D eigenvalue weighted by atomic mass is 32.2. The summed E-state index contributed by atoms with van der Waals surface area (Å²) in [5.41, 5.74) is 3.63. The van der Waals surface area contributed by atoms with Crippen LogP contribution in [-0.4, -0.2) is 52.0 Å². The van der Waals surface area contributed by atoms with E-state index in [1.807, 2.05) is 50.2 Å². The van der Waals surface area contributed by atoms with Crippen LogP contribution in [0.5, 0.6) is 0 Å². The van der Waals surface area contributed by atoms with Gasteiger partial charge in [0.05, 0.1) is 5.60 Å². The van der Waals surface area contributed by atoms with E-state index in [2.05, 4.69) is 17.4 Å². The third-order valence-electron chi connectivity index (χ3n) is 5.91. The first-order valence-corrected chi connectivity index (χ1v) is 11.7. The van der Waals surface area contributed by atoms with E-state index >= 15 is 0 Å². The van der Waals surface area contributed by atoms with E-state index in [1.54, 1.807) is 0 Å². The Hall–Kier alpha value is -2.51. The van der Waals surface area contributed by atoms with E-state index in [9.17, 15) is 19.8 Å². The van der Waals surface area contributed by atoms with Crippen LogP contribution in [0.2, 0.25) is 0 Å². The van der Waals surface area contributed by atoms with Crippen LogP contribution in [0, 0.1) is 0 Å². The molecule has 2 aromatic carbocycles. The lowest BCUT2D eigenvalue weighted by molar-refractivity contribution is -0.138. The van der Waals surface area contributed by atoms with Crippen LogP contribution < -0.4 is 5.32 Å². The van der Waals surface area contributed by atoms with Crippen molar-refractivity contribution in [2.45, 2.75) is 44.2 Å². The predicted octanol–water partition coefficient (Wildman–Crippen LogP) is 4.26. The number of nitrogens with one attached hydrogen (secondary N) is 1. The van der Waals surface area contributed by atoms with Gasteiger partial charge in [0.15, 0.2) is 0 Å². The van der Waals surface area contributed by atoms with Gasteiger partial charge in [-0.05, 0) is 35.1 Å². The van der Waals surface area contributed by atoms with Crippen molar-refractivity contribution in [2.75, 3.05) is 18.1 Å². The molecule has 0 spiro atoms. The number of carbonyl (C=O) groups excluding carboxylic acids is 1. The van der Waals surface area contributed by atoms with Gasteiger partial charge in [0, 0.05) is 17.4 Å². The number of hydrogen-bond donors (Lipinski definition) is 3. The maximum atomic E-state index is 12.4. The van der Waals surface area contributed by atoms with Crippen molar-refractivity contribution in [3.63, 3.8) is 0 Å². The van der Waals surface area contributed by atoms with Crippen molar-refractivity contribution >= 4 is 23.8 Å². The number of ether oxygens (including phenoxy) is 1. The van der Waals surface area contributed by atoms with Crippen molar-refractivity contribution in [3.05, 3.63) is 59.7 Å². The molecular weight excluding hydrogens is 414 g/mol. The molecule has 0 aliphatic heterocycles. The van der Waals surface area contributed by atoms with Crippen LogP contribution in [0.15, 0.2) is 48.5 Å². The van der Waals surface area contributed by atoms with Gasteiger partial charge in [0.25, 0.3) is 0 Å². The average molecular weight is 444 g/mol. The third kappa shape index (κ3) is 5.40. The number of thioether (sulfide) groups is 1. The molecule has 3 N–H and O–H groups in total. The van der Waals surface area contributed by atoms with Crippen LogP contribution in [-0.2, 0) is 9.53 Å². The Balaban J connectivity index is 1.58. The Morgan fingerprint density at radius 1 is 1.06 bits per heavy atom. The Morgan fingerprint density at radius 2 is 1.61 bits per heavy atom. The number of aliphatic carboxylic acids is 1. The number of benzene rings is 2. The summed E-state index contributed by atoms with van der Waals surface area (Å²) in [6.07, 6.45) is 0.429. The number of aliphatic hydroxyl groups is 1. The maximum absolute atomic E-state index is 12.4. The monoisotopic (exact) mass is 443 g/mol. The zero-order chi connectivity index (χ0) is 22.4. The minimum Gasteiger partial charge on any atom is -0.480 e. The summed E-state index contributed by atoms with van der Waals surface area (Å²) in [6.45, 7) is 3.92. The molecule has 0 bridgehead atoms. The molecule has 1 atom stereocenters. The number of hydrogen-bond acceptors (Lipinski definition) is 5. The lowest BCUT2D eigenvalue weighted by atomic mass is 9.98. The maximum Gasteiger partial charge on any atom is 0.407 e. The lowest BCUT2D eigenvalue weighted by Crippen LogP contribution is -2.43. The van der Waals surface area contributed by atoms with Gasteiger partial charge in [-0.1, -0.05) is 62.4 Å². The highest BCUT2D eigenvalue weighted by Crippen LogP contribution is 2.44. The first-order valence-electron chi connectivity index (χ1n) is 10.5. The van der Waals surface area contributed by atoms with Gasteiger partial charge in [0.1, 0.15) is 12.6 Å². The van der Waals surface area contributed by atoms with Crippen molar-refractivity contribution in [1.29, 1.82) is 0 Å². The molecule has 1 amide bonds. The zero-order valence-corrected chi connectivity index (χ0v) is 18.7. The quantitative estimate of drug-likeness (QED) is 0.508. The Kier molecular flexibility index (Phi) is 7.62. The fraction of sp³-hybridized carbons (Fsp3) is 0.417. The molecule has 0 fully saturated rings. The largest absolute Gasteiger partial charge is 0.480 e. The summed E-state index contributed by atoms with van der Waals surface area (Å²) in [5, 5.41) is 22.3.